The maximum Gasteiger partial charge on any atom is 0.249 e. The van der Waals surface area contributed by atoms with Crippen molar-refractivity contribution < 1.29 is 19.1 Å². The normalized spacial score (nSPS) is 10.4. The van der Waals surface area contributed by atoms with Gasteiger partial charge >= 0.3 is 0 Å². The van der Waals surface area contributed by atoms with Crippen LogP contribution >= 0.6 is 22.6 Å². The highest BCUT2D eigenvalue weighted by Gasteiger charge is 2.12. The molecule has 0 aliphatic carbocycles. The van der Waals surface area contributed by atoms with Crippen LogP contribution in [0.1, 0.15) is 23.1 Å². The van der Waals surface area contributed by atoms with Crippen molar-refractivity contribution in [3.05, 3.63) is 50.6 Å². The lowest BCUT2D eigenvalue weighted by atomic mass is 10.1. The van der Waals surface area contributed by atoms with Crippen LogP contribution in [0.5, 0.6) is 11.5 Å². The molecule has 2 rings (SSSR count). The Labute approximate surface area is 189 Å². The first-order valence-corrected chi connectivity index (χ1v) is 10.0. The first-order valence-electron chi connectivity index (χ1n) is 8.96. The third-order valence-electron chi connectivity index (χ3n) is 3.93. The average Bonchev–Trinajstić information content (AvgIpc) is 2.69. The van der Waals surface area contributed by atoms with Crippen LogP contribution in [0.25, 0.3) is 0 Å². The molecule has 0 aliphatic rings. The molecule has 2 amide bonds. The van der Waals surface area contributed by atoms with Gasteiger partial charge in [-0.2, -0.15) is 5.10 Å². The summed E-state index contributed by atoms with van der Waals surface area (Å²) < 4.78 is 11.6. The molecule has 7 nitrogen and oxygen atoms in total. The van der Waals surface area contributed by atoms with E-state index in [1.807, 2.05) is 32.0 Å². The Kier molecular flexibility index (Phi) is 8.68. The van der Waals surface area contributed by atoms with E-state index in [1.165, 1.54) is 13.3 Å². The third-order valence-corrected chi connectivity index (χ3v) is 4.73. The molecule has 0 unspecified atom stereocenters. The van der Waals surface area contributed by atoms with Crippen LogP contribution in [0.15, 0.2) is 35.4 Å². The molecule has 0 atom stereocenters. The van der Waals surface area contributed by atoms with Gasteiger partial charge in [0, 0.05) is 5.69 Å². The topological polar surface area (TPSA) is 89.0 Å². The summed E-state index contributed by atoms with van der Waals surface area (Å²) in [6, 6.07) is 9.17. The molecule has 2 N–H and O–H groups in total. The number of halogens is 1. The van der Waals surface area contributed by atoms with Crippen molar-refractivity contribution in [1.82, 2.24) is 5.43 Å². The van der Waals surface area contributed by atoms with Crippen LogP contribution < -0.4 is 20.2 Å². The van der Waals surface area contributed by atoms with Crippen molar-refractivity contribution in [1.29, 1.82) is 0 Å². The highest BCUT2D eigenvalue weighted by Crippen LogP contribution is 2.33. The zero-order valence-corrected chi connectivity index (χ0v) is 19.1. The van der Waals surface area contributed by atoms with Gasteiger partial charge in [0.1, 0.15) is 13.0 Å². The van der Waals surface area contributed by atoms with Gasteiger partial charge in [-0.3, -0.25) is 9.59 Å². The van der Waals surface area contributed by atoms with Gasteiger partial charge in [-0.15, -0.1) is 6.42 Å². The minimum absolute atomic E-state index is 0.125. The second-order valence-corrected chi connectivity index (χ2v) is 7.53. The Morgan fingerprint density at radius 1 is 1.23 bits per heavy atom. The van der Waals surface area contributed by atoms with Crippen molar-refractivity contribution in [3.8, 4) is 23.8 Å². The molecule has 0 aromatic heterocycles. The molecule has 8 heteroatoms. The van der Waals surface area contributed by atoms with Crippen LogP contribution in [-0.2, 0) is 9.59 Å². The summed E-state index contributed by atoms with van der Waals surface area (Å²) in [4.78, 5) is 24.1. The number of rotatable bonds is 8. The lowest BCUT2D eigenvalue weighted by Crippen LogP contribution is -2.24. The largest absolute Gasteiger partial charge is 0.493 e. The third kappa shape index (κ3) is 6.77. The number of anilines is 1. The number of hydrogen-bond acceptors (Lipinski definition) is 5. The van der Waals surface area contributed by atoms with Crippen LogP contribution in [0.4, 0.5) is 5.69 Å². The fraction of sp³-hybridized carbons (Fsp3) is 0.227. The number of carbonyl (C=O) groups excluding carboxylic acids is 2. The van der Waals surface area contributed by atoms with Gasteiger partial charge in [0.2, 0.25) is 11.8 Å². The molecule has 30 heavy (non-hydrogen) atoms. The number of nitrogens with one attached hydrogen (secondary N) is 2. The zero-order chi connectivity index (χ0) is 22.1. The minimum atomic E-state index is -0.524. The molecule has 0 radical (unpaired) electrons. The highest BCUT2D eigenvalue weighted by atomic mass is 127. The zero-order valence-electron chi connectivity index (χ0n) is 16.9. The van der Waals surface area contributed by atoms with E-state index in [2.05, 4.69) is 44.4 Å². The second-order valence-electron chi connectivity index (χ2n) is 6.36. The Morgan fingerprint density at radius 2 is 2.00 bits per heavy atom. The SMILES string of the molecule is C#CCOc1c(I)cc(C=NNC(=O)CC(=O)Nc2ccc(C)cc2C)cc1OC. The van der Waals surface area contributed by atoms with Crippen LogP contribution in [0, 0.1) is 29.8 Å². The van der Waals surface area contributed by atoms with Gasteiger partial charge < -0.3 is 14.8 Å². The van der Waals surface area contributed by atoms with Crippen molar-refractivity contribution in [3.63, 3.8) is 0 Å². The number of nitrogens with zero attached hydrogens (tertiary/aromatic N) is 1. The van der Waals surface area contributed by atoms with E-state index in [9.17, 15) is 9.59 Å². The number of carbonyl (C=O) groups is 2. The first kappa shape index (κ1) is 23.2. The molecule has 0 saturated heterocycles. The Hall–Kier alpha value is -3.06. The maximum atomic E-state index is 12.1. The summed E-state index contributed by atoms with van der Waals surface area (Å²) >= 11 is 2.10. The Bertz CT molecular complexity index is 1010. The molecule has 0 heterocycles. The fourth-order valence-corrected chi connectivity index (χ4v) is 3.36. The summed E-state index contributed by atoms with van der Waals surface area (Å²) in [6.45, 7) is 3.99. The lowest BCUT2D eigenvalue weighted by Gasteiger charge is -2.11. The van der Waals surface area contributed by atoms with Crippen molar-refractivity contribution in [2.45, 2.75) is 20.3 Å². The van der Waals surface area contributed by atoms with Crippen molar-refractivity contribution in [2.75, 3.05) is 19.0 Å². The highest BCUT2D eigenvalue weighted by molar-refractivity contribution is 14.1. The van der Waals surface area contributed by atoms with E-state index in [0.29, 0.717) is 22.7 Å². The molecule has 0 saturated carbocycles. The van der Waals surface area contributed by atoms with Gasteiger partial charge in [-0.05, 0) is 65.8 Å². The molecule has 0 spiro atoms. The second kappa shape index (κ2) is 11.2. The van der Waals surface area contributed by atoms with E-state index < -0.39 is 11.8 Å². The average molecular weight is 519 g/mol. The van der Waals surface area contributed by atoms with E-state index >= 15 is 0 Å². The van der Waals surface area contributed by atoms with E-state index in [1.54, 1.807) is 12.1 Å². The van der Waals surface area contributed by atoms with Crippen molar-refractivity contribution in [2.24, 2.45) is 5.10 Å². The maximum absolute atomic E-state index is 12.1. The Balaban J connectivity index is 1.94. The standard InChI is InChI=1S/C22H22IN3O4/c1-5-8-30-22-17(23)10-16(11-19(22)29-4)13-24-26-21(28)12-20(27)25-18-7-6-14(2)9-15(18)3/h1,6-7,9-11,13H,8,12H2,2-4H3,(H,25,27)(H,26,28). The van der Waals surface area contributed by atoms with Crippen LogP contribution in [-0.4, -0.2) is 31.7 Å². The molecular weight excluding hydrogens is 497 g/mol. The monoisotopic (exact) mass is 519 g/mol. The summed E-state index contributed by atoms with van der Waals surface area (Å²) in [7, 11) is 1.52. The predicted octanol–water partition coefficient (Wildman–Crippen LogP) is 3.41. The summed E-state index contributed by atoms with van der Waals surface area (Å²) in [5.74, 6) is 2.50. The quantitative estimate of drug-likeness (QED) is 0.184. The smallest absolute Gasteiger partial charge is 0.249 e. The van der Waals surface area contributed by atoms with Crippen LogP contribution in [0.3, 0.4) is 0 Å². The molecule has 2 aromatic rings. The molecule has 156 valence electrons. The van der Waals surface area contributed by atoms with E-state index in [-0.39, 0.29) is 13.0 Å². The summed E-state index contributed by atoms with van der Waals surface area (Å²) in [5.41, 5.74) is 5.73. The molecule has 2 aromatic carbocycles. The summed E-state index contributed by atoms with van der Waals surface area (Å²) in [6.07, 6.45) is 6.34. The first-order chi connectivity index (χ1) is 14.3. The predicted molar refractivity (Wildman–Crippen MR) is 125 cm³/mol. The van der Waals surface area contributed by atoms with E-state index in [0.717, 1.165) is 14.7 Å². The molecule has 0 fully saturated rings. The molecule has 0 bridgehead atoms. The van der Waals surface area contributed by atoms with Gasteiger partial charge in [0.05, 0.1) is 16.9 Å². The van der Waals surface area contributed by atoms with Gasteiger partial charge in [-0.1, -0.05) is 23.6 Å². The number of terminal acetylenes is 1. The number of hydrazone groups is 1. The number of methoxy groups -OCH3 is 1. The lowest BCUT2D eigenvalue weighted by molar-refractivity contribution is -0.126. The Morgan fingerprint density at radius 3 is 2.67 bits per heavy atom. The van der Waals surface area contributed by atoms with Gasteiger partial charge in [0.25, 0.3) is 0 Å². The number of amides is 2. The van der Waals surface area contributed by atoms with Gasteiger partial charge in [0.15, 0.2) is 11.5 Å². The number of hydrogen-bond donors (Lipinski definition) is 2. The molecular formula is C22H22IN3O4. The van der Waals surface area contributed by atoms with Crippen molar-refractivity contribution >= 4 is 46.3 Å². The number of benzene rings is 2. The fourth-order valence-electron chi connectivity index (χ4n) is 2.58. The van der Waals surface area contributed by atoms with Gasteiger partial charge in [-0.25, -0.2) is 5.43 Å². The van der Waals surface area contributed by atoms with Crippen LogP contribution in [0.2, 0.25) is 0 Å². The minimum Gasteiger partial charge on any atom is -0.493 e. The number of ether oxygens (including phenoxy) is 2. The van der Waals surface area contributed by atoms with E-state index in [4.69, 9.17) is 15.9 Å². The number of aryl methyl sites for hydroxylation is 2. The summed E-state index contributed by atoms with van der Waals surface area (Å²) in [5, 5.41) is 6.63. The molecule has 0 aliphatic heterocycles.